The Morgan fingerprint density at radius 1 is 1.47 bits per heavy atom. The van der Waals surface area contributed by atoms with Crippen LogP contribution in [0.3, 0.4) is 0 Å². The average Bonchev–Trinajstić information content (AvgIpc) is 2.72. The third-order valence-electron chi connectivity index (χ3n) is 2.89. The van der Waals surface area contributed by atoms with E-state index in [1.54, 1.807) is 0 Å². The number of methoxy groups -OCH3 is 1. The van der Waals surface area contributed by atoms with Crippen molar-refractivity contribution in [2.45, 2.75) is 31.7 Å². The molecule has 1 aliphatic heterocycles. The fourth-order valence-electron chi connectivity index (χ4n) is 1.99. The normalized spacial score (nSPS) is 20.2. The lowest BCUT2D eigenvalue weighted by Crippen LogP contribution is -2.37. The Balaban J connectivity index is 2.09. The van der Waals surface area contributed by atoms with Crippen molar-refractivity contribution in [3.05, 3.63) is 0 Å². The molecule has 0 spiro atoms. The van der Waals surface area contributed by atoms with Crippen molar-refractivity contribution in [2.24, 2.45) is 0 Å². The van der Waals surface area contributed by atoms with Gasteiger partial charge in [-0.3, -0.25) is 4.79 Å². The minimum atomic E-state index is -0.739. The van der Waals surface area contributed by atoms with Crippen LogP contribution >= 0.6 is 0 Å². The molecule has 0 radical (unpaired) electrons. The van der Waals surface area contributed by atoms with Crippen molar-refractivity contribution >= 4 is 12.1 Å². The van der Waals surface area contributed by atoms with E-state index in [1.807, 2.05) is 0 Å². The van der Waals surface area contributed by atoms with E-state index in [1.165, 1.54) is 7.11 Å². The summed E-state index contributed by atoms with van der Waals surface area (Å²) in [6.45, 7) is 2.66. The predicted octanol–water partition coefficient (Wildman–Crippen LogP) is 0.672. The Morgan fingerprint density at radius 3 is 2.88 bits per heavy atom. The molecule has 0 aliphatic carbocycles. The van der Waals surface area contributed by atoms with Gasteiger partial charge in [-0.15, -0.1) is 0 Å². The average molecular weight is 244 g/mol. The standard InChI is InChI=1S/C11H20N2O4/c1-17-11(16)12-9-5-7-13(8-9)6-3-2-4-10(14)15/h9H,2-8H2,1H3,(H,12,16)(H,14,15). The highest BCUT2D eigenvalue weighted by atomic mass is 16.5. The predicted molar refractivity (Wildman–Crippen MR) is 61.9 cm³/mol. The van der Waals surface area contributed by atoms with Crippen molar-refractivity contribution in [3.8, 4) is 0 Å². The molecule has 6 heteroatoms. The highest BCUT2D eigenvalue weighted by Gasteiger charge is 2.23. The van der Waals surface area contributed by atoms with Crippen LogP contribution in [0.25, 0.3) is 0 Å². The highest BCUT2D eigenvalue weighted by Crippen LogP contribution is 2.10. The Kier molecular flexibility index (Phi) is 5.76. The first-order chi connectivity index (χ1) is 8.11. The molecule has 6 nitrogen and oxygen atoms in total. The molecule has 1 fully saturated rings. The van der Waals surface area contributed by atoms with Crippen LogP contribution in [0.2, 0.25) is 0 Å². The topological polar surface area (TPSA) is 78.9 Å². The minimum absolute atomic E-state index is 0.155. The van der Waals surface area contributed by atoms with Gasteiger partial charge < -0.3 is 20.1 Å². The summed E-state index contributed by atoms with van der Waals surface area (Å²) in [6, 6.07) is 0.155. The molecule has 0 aromatic carbocycles. The van der Waals surface area contributed by atoms with Crippen LogP contribution in [-0.4, -0.2) is 54.9 Å². The molecule has 0 aromatic rings. The molecule has 98 valence electrons. The number of amides is 1. The Morgan fingerprint density at radius 2 is 2.24 bits per heavy atom. The Bertz CT molecular complexity index is 270. The lowest BCUT2D eigenvalue weighted by Gasteiger charge is -2.15. The SMILES string of the molecule is COC(=O)NC1CCN(CCCCC(=O)O)C1. The second kappa shape index (κ2) is 7.11. The molecule has 17 heavy (non-hydrogen) atoms. The summed E-state index contributed by atoms with van der Waals surface area (Å²) in [7, 11) is 1.36. The number of nitrogens with zero attached hydrogens (tertiary/aromatic N) is 1. The summed E-state index contributed by atoms with van der Waals surface area (Å²) in [5, 5.41) is 11.3. The highest BCUT2D eigenvalue weighted by molar-refractivity contribution is 5.67. The number of aliphatic carboxylic acids is 1. The van der Waals surface area contributed by atoms with Gasteiger partial charge in [0.15, 0.2) is 0 Å². The fourth-order valence-corrected chi connectivity index (χ4v) is 1.99. The molecule has 1 aliphatic rings. The summed E-state index contributed by atoms with van der Waals surface area (Å²) >= 11 is 0. The smallest absolute Gasteiger partial charge is 0.407 e. The van der Waals surface area contributed by atoms with Crippen LogP contribution in [0, 0.1) is 0 Å². The molecular formula is C11H20N2O4. The number of likely N-dealkylation sites (tertiary alicyclic amines) is 1. The first kappa shape index (κ1) is 13.8. The van der Waals surface area contributed by atoms with Crippen molar-refractivity contribution in [3.63, 3.8) is 0 Å². The van der Waals surface area contributed by atoms with Gasteiger partial charge in [-0.25, -0.2) is 4.79 Å². The third-order valence-corrected chi connectivity index (χ3v) is 2.89. The zero-order chi connectivity index (χ0) is 12.7. The Labute approximate surface area is 101 Å². The number of ether oxygens (including phenoxy) is 1. The number of nitrogens with one attached hydrogen (secondary N) is 1. The number of unbranched alkanes of at least 4 members (excludes halogenated alkanes) is 1. The number of carboxylic acids is 1. The molecule has 1 amide bonds. The molecule has 1 saturated heterocycles. The van der Waals surface area contributed by atoms with Crippen LogP contribution < -0.4 is 5.32 Å². The zero-order valence-corrected chi connectivity index (χ0v) is 10.1. The van der Waals surface area contributed by atoms with Crippen molar-refractivity contribution in [2.75, 3.05) is 26.7 Å². The zero-order valence-electron chi connectivity index (χ0n) is 10.1. The van der Waals surface area contributed by atoms with Gasteiger partial charge in [0.1, 0.15) is 0 Å². The van der Waals surface area contributed by atoms with E-state index in [4.69, 9.17) is 5.11 Å². The second-order valence-corrected chi connectivity index (χ2v) is 4.27. The lowest BCUT2D eigenvalue weighted by atomic mass is 10.2. The van der Waals surface area contributed by atoms with E-state index in [2.05, 4.69) is 15.0 Å². The summed E-state index contributed by atoms with van der Waals surface area (Å²) in [5.41, 5.74) is 0. The van der Waals surface area contributed by atoms with E-state index in [0.717, 1.165) is 32.5 Å². The summed E-state index contributed by atoms with van der Waals surface area (Å²) in [5.74, 6) is -0.739. The first-order valence-electron chi connectivity index (χ1n) is 5.90. The number of carbonyl (C=O) groups is 2. The largest absolute Gasteiger partial charge is 0.481 e. The first-order valence-corrected chi connectivity index (χ1v) is 5.90. The van der Waals surface area contributed by atoms with Crippen LogP contribution in [0.15, 0.2) is 0 Å². The molecule has 1 rings (SSSR count). The maximum atomic E-state index is 11.0. The monoisotopic (exact) mass is 244 g/mol. The minimum Gasteiger partial charge on any atom is -0.481 e. The van der Waals surface area contributed by atoms with E-state index in [9.17, 15) is 9.59 Å². The van der Waals surface area contributed by atoms with Gasteiger partial charge in [0.05, 0.1) is 7.11 Å². The molecule has 2 N–H and O–H groups in total. The molecule has 0 saturated carbocycles. The third kappa shape index (κ3) is 5.53. The van der Waals surface area contributed by atoms with Crippen LogP contribution in [0.5, 0.6) is 0 Å². The molecule has 1 unspecified atom stereocenters. The van der Waals surface area contributed by atoms with Gasteiger partial charge in [0, 0.05) is 25.6 Å². The number of carbonyl (C=O) groups excluding carboxylic acids is 1. The van der Waals surface area contributed by atoms with Crippen LogP contribution in [-0.2, 0) is 9.53 Å². The molecular weight excluding hydrogens is 224 g/mol. The summed E-state index contributed by atoms with van der Waals surface area (Å²) in [6.07, 6.45) is 2.37. The van der Waals surface area contributed by atoms with E-state index < -0.39 is 5.97 Å². The lowest BCUT2D eigenvalue weighted by molar-refractivity contribution is -0.137. The van der Waals surface area contributed by atoms with E-state index in [-0.39, 0.29) is 18.6 Å². The summed E-state index contributed by atoms with van der Waals surface area (Å²) < 4.78 is 4.54. The van der Waals surface area contributed by atoms with Crippen LogP contribution in [0.4, 0.5) is 4.79 Å². The van der Waals surface area contributed by atoms with Gasteiger partial charge in [0.25, 0.3) is 0 Å². The Hall–Kier alpha value is -1.30. The number of hydrogen-bond acceptors (Lipinski definition) is 4. The molecule has 1 heterocycles. The van der Waals surface area contributed by atoms with Gasteiger partial charge >= 0.3 is 12.1 Å². The second-order valence-electron chi connectivity index (χ2n) is 4.27. The van der Waals surface area contributed by atoms with Gasteiger partial charge in [0.2, 0.25) is 0 Å². The van der Waals surface area contributed by atoms with Crippen molar-refractivity contribution in [1.29, 1.82) is 0 Å². The van der Waals surface area contributed by atoms with Crippen molar-refractivity contribution < 1.29 is 19.4 Å². The number of carboxylic acid groups (broad SMARTS) is 1. The molecule has 0 aromatic heterocycles. The summed E-state index contributed by atoms with van der Waals surface area (Å²) in [4.78, 5) is 23.6. The number of hydrogen-bond donors (Lipinski definition) is 2. The quantitative estimate of drug-likeness (QED) is 0.671. The fraction of sp³-hybridized carbons (Fsp3) is 0.818. The number of alkyl carbamates (subject to hydrolysis) is 1. The van der Waals surface area contributed by atoms with Gasteiger partial charge in [-0.05, 0) is 25.8 Å². The maximum absolute atomic E-state index is 11.0. The van der Waals surface area contributed by atoms with E-state index in [0.29, 0.717) is 6.42 Å². The molecule has 0 bridgehead atoms. The maximum Gasteiger partial charge on any atom is 0.407 e. The van der Waals surface area contributed by atoms with Crippen molar-refractivity contribution in [1.82, 2.24) is 10.2 Å². The molecule has 1 atom stereocenters. The van der Waals surface area contributed by atoms with E-state index >= 15 is 0 Å². The van der Waals surface area contributed by atoms with Gasteiger partial charge in [-0.1, -0.05) is 0 Å². The van der Waals surface area contributed by atoms with Crippen LogP contribution in [0.1, 0.15) is 25.7 Å². The number of rotatable bonds is 6. The van der Waals surface area contributed by atoms with Gasteiger partial charge in [-0.2, -0.15) is 0 Å².